The van der Waals surface area contributed by atoms with Crippen LogP contribution < -0.4 is 0 Å². The second kappa shape index (κ2) is 8.21. The van der Waals surface area contributed by atoms with Gasteiger partial charge in [-0.05, 0) is 19.4 Å². The van der Waals surface area contributed by atoms with E-state index in [0.29, 0.717) is 0 Å². The van der Waals surface area contributed by atoms with E-state index in [4.69, 9.17) is 13.3 Å². The second-order valence-corrected chi connectivity index (χ2v) is 20.5. The smallest absolute Gasteiger partial charge is 0.377 e. The van der Waals surface area contributed by atoms with Crippen LogP contribution in [-0.2, 0) is 13.3 Å². The van der Waals surface area contributed by atoms with E-state index in [1.807, 2.05) is 0 Å². The molecule has 0 bridgehead atoms. The molecule has 0 aliphatic carbocycles. The molecule has 0 radical (unpaired) electrons. The largest absolute Gasteiger partial charge is 0.500 e. The molecule has 0 aliphatic heterocycles. The van der Waals surface area contributed by atoms with Crippen LogP contribution in [0, 0.1) is 0 Å². The van der Waals surface area contributed by atoms with E-state index < -0.39 is 25.3 Å². The van der Waals surface area contributed by atoms with E-state index >= 15 is 0 Å². The van der Waals surface area contributed by atoms with E-state index in [2.05, 4.69) is 43.5 Å². The Morgan fingerprint density at radius 3 is 1.40 bits per heavy atom. The van der Waals surface area contributed by atoms with Crippen LogP contribution in [0.4, 0.5) is 0 Å². The van der Waals surface area contributed by atoms with Gasteiger partial charge in [0.15, 0.2) is 0 Å². The van der Waals surface area contributed by atoms with Gasteiger partial charge in [0.2, 0.25) is 0 Å². The lowest BCUT2D eigenvalue weighted by molar-refractivity contribution is 0.122. The van der Waals surface area contributed by atoms with Crippen molar-refractivity contribution in [2.75, 3.05) is 27.9 Å². The van der Waals surface area contributed by atoms with Crippen molar-refractivity contribution in [2.24, 2.45) is 0 Å². The number of rotatable bonds is 10. The summed E-state index contributed by atoms with van der Waals surface area (Å²) in [4.78, 5) is 0. The molecular formula is C13H35NO3Si3. The van der Waals surface area contributed by atoms with Gasteiger partial charge in [0.1, 0.15) is 16.5 Å². The van der Waals surface area contributed by atoms with Gasteiger partial charge in [-0.1, -0.05) is 39.3 Å². The van der Waals surface area contributed by atoms with E-state index in [9.17, 15) is 0 Å². The molecule has 0 spiro atoms. The first kappa shape index (κ1) is 20.5. The molecule has 0 aromatic rings. The summed E-state index contributed by atoms with van der Waals surface area (Å²) in [5.41, 5.74) is 0. The molecule has 0 unspecified atom stereocenters. The number of hydrogen-bond donors (Lipinski definition) is 0. The van der Waals surface area contributed by atoms with Gasteiger partial charge in [-0.3, -0.25) is 0 Å². The first-order valence-corrected chi connectivity index (χ1v) is 16.3. The maximum Gasteiger partial charge on any atom is 0.500 e. The van der Waals surface area contributed by atoms with Crippen molar-refractivity contribution in [3.05, 3.63) is 0 Å². The van der Waals surface area contributed by atoms with Crippen LogP contribution in [0.25, 0.3) is 0 Å². The molecular weight excluding hydrogens is 302 g/mol. The molecule has 0 aromatic heterocycles. The van der Waals surface area contributed by atoms with E-state index in [-0.39, 0.29) is 0 Å². The minimum Gasteiger partial charge on any atom is -0.377 e. The predicted molar refractivity (Wildman–Crippen MR) is 94.2 cm³/mol. The summed E-state index contributed by atoms with van der Waals surface area (Å²) in [6, 6.07) is 0.905. The van der Waals surface area contributed by atoms with Crippen molar-refractivity contribution >= 4 is 25.3 Å². The standard InChI is InChI=1S/C13H35NO3Si3/c1-15-20(16-2,17-3)13-11-10-12-14(18(4,5)6)19(7,8)9/h10-13H2,1-9H3. The Bertz CT molecular complexity index is 251. The molecule has 0 atom stereocenters. The summed E-state index contributed by atoms with van der Waals surface area (Å²) in [7, 11) is 0.233. The maximum atomic E-state index is 5.48. The third-order valence-electron chi connectivity index (χ3n) is 3.67. The predicted octanol–water partition coefficient (Wildman–Crippen LogP) is 3.62. The van der Waals surface area contributed by atoms with Gasteiger partial charge < -0.3 is 17.5 Å². The van der Waals surface area contributed by atoms with Crippen LogP contribution in [0.3, 0.4) is 0 Å². The lowest BCUT2D eigenvalue weighted by Gasteiger charge is -2.43. The van der Waals surface area contributed by atoms with Crippen molar-refractivity contribution in [3.8, 4) is 0 Å². The fourth-order valence-electron chi connectivity index (χ4n) is 2.84. The molecule has 0 aromatic carbocycles. The summed E-state index contributed by atoms with van der Waals surface area (Å²) in [6.07, 6.45) is 2.30. The van der Waals surface area contributed by atoms with Gasteiger partial charge in [-0.2, -0.15) is 0 Å². The fraction of sp³-hybridized carbons (Fsp3) is 1.00. The Morgan fingerprint density at radius 1 is 0.700 bits per heavy atom. The van der Waals surface area contributed by atoms with Crippen LogP contribution in [0.1, 0.15) is 12.8 Å². The van der Waals surface area contributed by atoms with Gasteiger partial charge in [0.25, 0.3) is 0 Å². The van der Waals surface area contributed by atoms with E-state index in [1.165, 1.54) is 13.0 Å². The van der Waals surface area contributed by atoms with Crippen molar-refractivity contribution in [1.29, 1.82) is 0 Å². The molecule has 0 fully saturated rings. The first-order valence-electron chi connectivity index (χ1n) is 7.45. The quantitative estimate of drug-likeness (QED) is 0.450. The zero-order valence-electron chi connectivity index (χ0n) is 15.0. The van der Waals surface area contributed by atoms with Crippen molar-refractivity contribution in [3.63, 3.8) is 0 Å². The van der Waals surface area contributed by atoms with E-state index in [1.54, 1.807) is 21.3 Å². The first-order chi connectivity index (χ1) is 9.02. The monoisotopic (exact) mass is 337 g/mol. The zero-order chi connectivity index (χ0) is 16.0. The van der Waals surface area contributed by atoms with Crippen LogP contribution in [0.5, 0.6) is 0 Å². The molecule has 7 heteroatoms. The molecule has 0 aliphatic rings. The maximum absolute atomic E-state index is 5.48. The SMILES string of the molecule is CO[Si](CCCCN([Si](C)(C)C)[Si](C)(C)C)(OC)OC. The third-order valence-corrected chi connectivity index (χ3v) is 14.2. The molecule has 0 saturated carbocycles. The lowest BCUT2D eigenvalue weighted by Crippen LogP contribution is -2.59. The molecule has 0 rings (SSSR count). The van der Waals surface area contributed by atoms with Gasteiger partial charge in [0, 0.05) is 27.4 Å². The Balaban J connectivity index is 4.40. The normalized spacial score (nSPS) is 14.1. The topological polar surface area (TPSA) is 30.9 Å². The summed E-state index contributed by atoms with van der Waals surface area (Å²) in [5.74, 6) is 0. The third kappa shape index (κ3) is 6.50. The van der Waals surface area contributed by atoms with Crippen molar-refractivity contribution in [2.45, 2.75) is 58.2 Å². The van der Waals surface area contributed by atoms with Gasteiger partial charge in [-0.15, -0.1) is 0 Å². The van der Waals surface area contributed by atoms with Crippen molar-refractivity contribution < 1.29 is 13.3 Å². The summed E-state index contributed by atoms with van der Waals surface area (Å²) in [5, 5.41) is 0. The van der Waals surface area contributed by atoms with Gasteiger partial charge >= 0.3 is 8.80 Å². The number of unbranched alkanes of at least 4 members (excludes halogenated alkanes) is 1. The summed E-state index contributed by atoms with van der Waals surface area (Å²) >= 11 is 0. The highest BCUT2D eigenvalue weighted by molar-refractivity contribution is 6.89. The Morgan fingerprint density at radius 2 is 1.10 bits per heavy atom. The summed E-state index contributed by atoms with van der Waals surface area (Å²) in [6.45, 7) is 15.9. The van der Waals surface area contributed by atoms with Crippen LogP contribution >= 0.6 is 0 Å². The zero-order valence-corrected chi connectivity index (χ0v) is 18.0. The minimum absolute atomic E-state index is 0.905. The molecule has 0 heterocycles. The molecule has 122 valence electrons. The lowest BCUT2D eigenvalue weighted by atomic mass is 10.3. The Labute approximate surface area is 129 Å². The fourth-order valence-corrected chi connectivity index (χ4v) is 14.3. The molecule has 4 nitrogen and oxygen atoms in total. The highest BCUT2D eigenvalue weighted by Gasteiger charge is 2.37. The average Bonchev–Trinajstić information content (AvgIpc) is 2.31. The van der Waals surface area contributed by atoms with E-state index in [0.717, 1.165) is 12.5 Å². The number of hydrogen-bond acceptors (Lipinski definition) is 4. The molecule has 0 amide bonds. The van der Waals surface area contributed by atoms with Gasteiger partial charge in [-0.25, -0.2) is 0 Å². The minimum atomic E-state index is -2.38. The molecule has 0 N–H and O–H groups in total. The Hall–Kier alpha value is 0.491. The van der Waals surface area contributed by atoms with Crippen LogP contribution in [0.2, 0.25) is 45.3 Å². The summed E-state index contributed by atoms with van der Waals surface area (Å²) < 4.78 is 19.3. The average molecular weight is 338 g/mol. The van der Waals surface area contributed by atoms with Crippen molar-refractivity contribution in [1.82, 2.24) is 4.23 Å². The van der Waals surface area contributed by atoms with Crippen LogP contribution in [0.15, 0.2) is 0 Å². The van der Waals surface area contributed by atoms with Gasteiger partial charge in [0.05, 0.1) is 0 Å². The Kier molecular flexibility index (Phi) is 8.41. The molecule has 0 saturated heterocycles. The molecule has 20 heavy (non-hydrogen) atoms. The second-order valence-electron chi connectivity index (χ2n) is 7.25. The highest BCUT2D eigenvalue weighted by Crippen LogP contribution is 2.22. The highest BCUT2D eigenvalue weighted by atomic mass is 28.4. The number of nitrogens with zero attached hydrogens (tertiary/aromatic N) is 1. The van der Waals surface area contributed by atoms with Crippen LogP contribution in [-0.4, -0.2) is 57.4 Å².